The first-order chi connectivity index (χ1) is 9.08. The van der Waals surface area contributed by atoms with Crippen LogP contribution in [-0.2, 0) is 4.79 Å². The van der Waals surface area contributed by atoms with E-state index in [4.69, 9.17) is 5.73 Å². The Balaban J connectivity index is 2.08. The minimum absolute atomic E-state index is 0.0165. The zero-order valence-electron chi connectivity index (χ0n) is 11.0. The molecule has 0 radical (unpaired) electrons. The standard InChI is InChI=1S/C14H19N3O2/c1-9-8-10(6-7-16-9)14(19)17-12-5-3-2-4-11(12)13(15)18/h2-5,9-10,16H,6-8H2,1H3,(H2,15,18)(H,17,19). The quantitative estimate of drug-likeness (QED) is 0.762. The highest BCUT2D eigenvalue weighted by Crippen LogP contribution is 2.20. The molecule has 1 heterocycles. The largest absolute Gasteiger partial charge is 0.366 e. The molecule has 5 nitrogen and oxygen atoms in total. The van der Waals surface area contributed by atoms with Crippen LogP contribution < -0.4 is 16.4 Å². The Morgan fingerprint density at radius 2 is 2.11 bits per heavy atom. The van der Waals surface area contributed by atoms with Gasteiger partial charge in [0.2, 0.25) is 5.91 Å². The SMILES string of the molecule is CC1CC(C(=O)Nc2ccccc2C(N)=O)CCN1. The molecule has 0 aliphatic carbocycles. The number of benzene rings is 1. The summed E-state index contributed by atoms with van der Waals surface area (Å²) in [7, 11) is 0. The lowest BCUT2D eigenvalue weighted by molar-refractivity contribution is -0.120. The first-order valence-corrected chi connectivity index (χ1v) is 6.51. The Labute approximate surface area is 112 Å². The molecular formula is C14H19N3O2. The molecule has 19 heavy (non-hydrogen) atoms. The third-order valence-electron chi connectivity index (χ3n) is 3.44. The van der Waals surface area contributed by atoms with Crippen LogP contribution in [0.1, 0.15) is 30.1 Å². The normalized spacial score (nSPS) is 22.8. The summed E-state index contributed by atoms with van der Waals surface area (Å²) < 4.78 is 0. The third-order valence-corrected chi connectivity index (χ3v) is 3.44. The number of nitrogens with one attached hydrogen (secondary N) is 2. The molecule has 1 fully saturated rings. The minimum atomic E-state index is -0.533. The van der Waals surface area contributed by atoms with Gasteiger partial charge in [-0.3, -0.25) is 9.59 Å². The van der Waals surface area contributed by atoms with Crippen molar-refractivity contribution in [3.63, 3.8) is 0 Å². The average molecular weight is 261 g/mol. The Bertz CT molecular complexity index is 487. The highest BCUT2D eigenvalue weighted by atomic mass is 16.2. The third kappa shape index (κ3) is 3.32. The second kappa shape index (κ2) is 5.84. The molecular weight excluding hydrogens is 242 g/mol. The van der Waals surface area contributed by atoms with E-state index in [1.807, 2.05) is 0 Å². The topological polar surface area (TPSA) is 84.2 Å². The van der Waals surface area contributed by atoms with Gasteiger partial charge in [0.05, 0.1) is 11.3 Å². The smallest absolute Gasteiger partial charge is 0.250 e. The van der Waals surface area contributed by atoms with Crippen LogP contribution in [0.15, 0.2) is 24.3 Å². The van der Waals surface area contributed by atoms with E-state index < -0.39 is 5.91 Å². The van der Waals surface area contributed by atoms with Crippen molar-refractivity contribution < 1.29 is 9.59 Å². The number of carbonyl (C=O) groups excluding carboxylic acids is 2. The van der Waals surface area contributed by atoms with Crippen LogP contribution >= 0.6 is 0 Å². The van der Waals surface area contributed by atoms with E-state index in [9.17, 15) is 9.59 Å². The summed E-state index contributed by atoms with van der Waals surface area (Å²) in [5.74, 6) is -0.589. The number of nitrogens with two attached hydrogens (primary N) is 1. The number of amides is 2. The summed E-state index contributed by atoms with van der Waals surface area (Å²) in [4.78, 5) is 23.5. The van der Waals surface area contributed by atoms with Gasteiger partial charge in [0.15, 0.2) is 0 Å². The number of anilines is 1. The Morgan fingerprint density at radius 3 is 2.79 bits per heavy atom. The molecule has 1 aliphatic heterocycles. The summed E-state index contributed by atoms with van der Waals surface area (Å²) >= 11 is 0. The fourth-order valence-corrected chi connectivity index (χ4v) is 2.41. The van der Waals surface area contributed by atoms with Crippen molar-refractivity contribution in [2.24, 2.45) is 11.7 Å². The van der Waals surface area contributed by atoms with E-state index in [0.717, 1.165) is 19.4 Å². The molecule has 1 aromatic rings. The molecule has 5 heteroatoms. The zero-order valence-corrected chi connectivity index (χ0v) is 11.0. The number of piperidine rings is 1. The van der Waals surface area contributed by atoms with Gasteiger partial charge in [-0.1, -0.05) is 12.1 Å². The Hall–Kier alpha value is -1.88. The Morgan fingerprint density at radius 1 is 1.37 bits per heavy atom. The number of hydrogen-bond acceptors (Lipinski definition) is 3. The van der Waals surface area contributed by atoms with Crippen molar-refractivity contribution in [3.8, 4) is 0 Å². The maximum absolute atomic E-state index is 12.2. The van der Waals surface area contributed by atoms with Crippen LogP contribution in [0.25, 0.3) is 0 Å². The van der Waals surface area contributed by atoms with E-state index >= 15 is 0 Å². The lowest BCUT2D eigenvalue weighted by atomic mass is 9.92. The fourth-order valence-electron chi connectivity index (χ4n) is 2.41. The molecule has 0 spiro atoms. The first kappa shape index (κ1) is 13.5. The number of hydrogen-bond donors (Lipinski definition) is 3. The molecule has 2 rings (SSSR count). The van der Waals surface area contributed by atoms with Gasteiger partial charge in [0, 0.05) is 12.0 Å². The van der Waals surface area contributed by atoms with Crippen molar-refractivity contribution in [1.82, 2.24) is 5.32 Å². The summed E-state index contributed by atoms with van der Waals surface area (Å²) in [5.41, 5.74) is 6.13. The van der Waals surface area contributed by atoms with E-state index in [1.54, 1.807) is 24.3 Å². The van der Waals surface area contributed by atoms with E-state index in [1.165, 1.54) is 0 Å². The van der Waals surface area contributed by atoms with Crippen molar-refractivity contribution in [2.45, 2.75) is 25.8 Å². The first-order valence-electron chi connectivity index (χ1n) is 6.51. The van der Waals surface area contributed by atoms with Gasteiger partial charge in [0.25, 0.3) is 5.91 Å². The molecule has 2 unspecified atom stereocenters. The number of para-hydroxylation sites is 1. The number of primary amides is 1. The Kier molecular flexibility index (Phi) is 4.16. The van der Waals surface area contributed by atoms with E-state index in [0.29, 0.717) is 17.3 Å². The minimum Gasteiger partial charge on any atom is -0.366 e. The average Bonchev–Trinajstić information content (AvgIpc) is 2.39. The second-order valence-electron chi connectivity index (χ2n) is 4.98. The van der Waals surface area contributed by atoms with Gasteiger partial charge in [-0.05, 0) is 38.4 Å². The highest BCUT2D eigenvalue weighted by molar-refractivity contribution is 6.03. The summed E-state index contributed by atoms with van der Waals surface area (Å²) in [5, 5.41) is 6.12. The summed E-state index contributed by atoms with van der Waals surface area (Å²) in [6.45, 7) is 2.91. The molecule has 0 bridgehead atoms. The van der Waals surface area contributed by atoms with Crippen molar-refractivity contribution in [2.75, 3.05) is 11.9 Å². The second-order valence-corrected chi connectivity index (χ2v) is 4.98. The molecule has 2 atom stereocenters. The summed E-state index contributed by atoms with van der Waals surface area (Å²) in [6.07, 6.45) is 1.62. The number of carbonyl (C=O) groups is 2. The molecule has 102 valence electrons. The van der Waals surface area contributed by atoms with Crippen molar-refractivity contribution in [3.05, 3.63) is 29.8 Å². The van der Waals surface area contributed by atoms with Crippen LogP contribution in [0.2, 0.25) is 0 Å². The lowest BCUT2D eigenvalue weighted by Crippen LogP contribution is -2.40. The van der Waals surface area contributed by atoms with E-state index in [2.05, 4.69) is 17.6 Å². The van der Waals surface area contributed by atoms with Crippen LogP contribution in [0.5, 0.6) is 0 Å². The van der Waals surface area contributed by atoms with Gasteiger partial charge < -0.3 is 16.4 Å². The van der Waals surface area contributed by atoms with Crippen LogP contribution in [-0.4, -0.2) is 24.4 Å². The molecule has 1 aliphatic rings. The van der Waals surface area contributed by atoms with Gasteiger partial charge in [-0.15, -0.1) is 0 Å². The highest BCUT2D eigenvalue weighted by Gasteiger charge is 2.25. The van der Waals surface area contributed by atoms with Gasteiger partial charge >= 0.3 is 0 Å². The van der Waals surface area contributed by atoms with Crippen LogP contribution in [0.3, 0.4) is 0 Å². The van der Waals surface area contributed by atoms with Gasteiger partial charge in [-0.2, -0.15) is 0 Å². The lowest BCUT2D eigenvalue weighted by Gasteiger charge is -2.27. The molecule has 1 saturated heterocycles. The molecule has 1 aromatic carbocycles. The van der Waals surface area contributed by atoms with Crippen LogP contribution in [0, 0.1) is 5.92 Å². The number of rotatable bonds is 3. The zero-order chi connectivity index (χ0) is 13.8. The van der Waals surface area contributed by atoms with Gasteiger partial charge in [0.1, 0.15) is 0 Å². The maximum Gasteiger partial charge on any atom is 0.250 e. The predicted molar refractivity (Wildman–Crippen MR) is 73.8 cm³/mol. The molecule has 4 N–H and O–H groups in total. The van der Waals surface area contributed by atoms with Crippen LogP contribution in [0.4, 0.5) is 5.69 Å². The fraction of sp³-hybridized carbons (Fsp3) is 0.429. The molecule has 0 saturated carbocycles. The van der Waals surface area contributed by atoms with E-state index in [-0.39, 0.29) is 11.8 Å². The monoisotopic (exact) mass is 261 g/mol. The molecule has 0 aromatic heterocycles. The summed E-state index contributed by atoms with van der Waals surface area (Å²) in [6, 6.07) is 7.15. The van der Waals surface area contributed by atoms with Gasteiger partial charge in [-0.25, -0.2) is 0 Å². The van der Waals surface area contributed by atoms with Crippen molar-refractivity contribution >= 4 is 17.5 Å². The maximum atomic E-state index is 12.2. The predicted octanol–water partition coefficient (Wildman–Crippen LogP) is 1.11. The van der Waals surface area contributed by atoms with Crippen molar-refractivity contribution in [1.29, 1.82) is 0 Å². The molecule has 2 amide bonds.